The van der Waals surface area contributed by atoms with Crippen molar-refractivity contribution in [3.05, 3.63) is 35.1 Å². The van der Waals surface area contributed by atoms with Crippen molar-refractivity contribution in [2.45, 2.75) is 18.9 Å². The van der Waals surface area contributed by atoms with Crippen molar-refractivity contribution >= 4 is 5.97 Å². The topological polar surface area (TPSA) is 40.5 Å². The third-order valence-corrected chi connectivity index (χ3v) is 3.07. The highest BCUT2D eigenvalue weighted by molar-refractivity contribution is 5.75. The molecule has 0 bridgehead atoms. The molecule has 0 aliphatic carbocycles. The first-order valence-corrected chi connectivity index (χ1v) is 5.62. The van der Waals surface area contributed by atoms with Crippen LogP contribution in [0.5, 0.6) is 0 Å². The van der Waals surface area contributed by atoms with Gasteiger partial charge in [-0.05, 0) is 32.0 Å². The lowest BCUT2D eigenvalue weighted by atomic mass is 10.0. The smallest absolute Gasteiger partial charge is 0.325 e. The largest absolute Gasteiger partial charge is 0.480 e. The van der Waals surface area contributed by atoms with E-state index in [0.29, 0.717) is 25.2 Å². The Morgan fingerprint density at radius 1 is 1.11 bits per heavy atom. The highest BCUT2D eigenvalue weighted by Gasteiger charge is 2.32. The number of likely N-dealkylation sites (tertiary alicyclic amines) is 1. The van der Waals surface area contributed by atoms with Gasteiger partial charge in [-0.3, -0.25) is 9.69 Å². The number of nitrogens with zero attached hydrogens (tertiary/aromatic N) is 1. The van der Waals surface area contributed by atoms with Gasteiger partial charge in [0.15, 0.2) is 11.6 Å². The fraction of sp³-hybridized carbons (Fsp3) is 0.417. The summed E-state index contributed by atoms with van der Waals surface area (Å²) < 4.78 is 39.5. The van der Waals surface area contributed by atoms with Gasteiger partial charge in [0.25, 0.3) is 0 Å². The number of carboxylic acid groups (broad SMARTS) is 1. The van der Waals surface area contributed by atoms with Crippen LogP contribution in [0.1, 0.15) is 24.4 Å². The molecule has 1 aromatic rings. The van der Waals surface area contributed by atoms with Gasteiger partial charge in [0.1, 0.15) is 11.9 Å². The minimum absolute atomic E-state index is 0.330. The van der Waals surface area contributed by atoms with E-state index >= 15 is 0 Å². The number of halogens is 3. The molecule has 18 heavy (non-hydrogen) atoms. The maximum atomic E-state index is 13.6. The average molecular weight is 259 g/mol. The molecule has 3 nitrogen and oxygen atoms in total. The molecule has 98 valence electrons. The monoisotopic (exact) mass is 259 g/mol. The van der Waals surface area contributed by atoms with E-state index in [1.807, 2.05) is 0 Å². The molecule has 1 atom stereocenters. The summed E-state index contributed by atoms with van der Waals surface area (Å²) >= 11 is 0. The summed E-state index contributed by atoms with van der Waals surface area (Å²) in [5.74, 6) is -4.85. The van der Waals surface area contributed by atoms with Gasteiger partial charge in [-0.25, -0.2) is 13.2 Å². The van der Waals surface area contributed by atoms with Gasteiger partial charge in [-0.15, -0.1) is 0 Å². The number of rotatable bonds is 3. The zero-order chi connectivity index (χ0) is 13.3. The maximum Gasteiger partial charge on any atom is 0.325 e. The summed E-state index contributed by atoms with van der Waals surface area (Å²) in [4.78, 5) is 12.8. The van der Waals surface area contributed by atoms with Gasteiger partial charge >= 0.3 is 5.97 Å². The number of carboxylic acids is 1. The van der Waals surface area contributed by atoms with Crippen LogP contribution < -0.4 is 0 Å². The van der Waals surface area contributed by atoms with Crippen molar-refractivity contribution < 1.29 is 23.1 Å². The highest BCUT2D eigenvalue weighted by Crippen LogP contribution is 2.28. The highest BCUT2D eigenvalue weighted by atomic mass is 19.2. The van der Waals surface area contributed by atoms with E-state index in [4.69, 9.17) is 5.11 Å². The average Bonchev–Trinajstić information content (AvgIpc) is 2.79. The number of aliphatic carboxylic acids is 1. The second kappa shape index (κ2) is 4.97. The second-order valence-corrected chi connectivity index (χ2v) is 4.27. The van der Waals surface area contributed by atoms with E-state index in [-0.39, 0.29) is 5.56 Å². The van der Waals surface area contributed by atoms with Crippen LogP contribution in [-0.2, 0) is 4.79 Å². The Balaban J connectivity index is 2.42. The lowest BCUT2D eigenvalue weighted by Gasteiger charge is -2.24. The zero-order valence-corrected chi connectivity index (χ0v) is 9.50. The Bertz CT molecular complexity index is 473. The molecule has 1 aliphatic heterocycles. The predicted molar refractivity (Wildman–Crippen MR) is 57.5 cm³/mol. The Morgan fingerprint density at radius 2 is 1.67 bits per heavy atom. The number of hydrogen-bond donors (Lipinski definition) is 1. The van der Waals surface area contributed by atoms with E-state index in [9.17, 15) is 18.0 Å². The molecular weight excluding hydrogens is 247 g/mol. The molecular formula is C12H12F3NO2. The Labute approximate surface area is 102 Å². The van der Waals surface area contributed by atoms with Crippen molar-refractivity contribution in [2.24, 2.45) is 0 Å². The van der Waals surface area contributed by atoms with E-state index in [1.165, 1.54) is 0 Å². The normalized spacial score (nSPS) is 17.9. The van der Waals surface area contributed by atoms with Crippen LogP contribution >= 0.6 is 0 Å². The van der Waals surface area contributed by atoms with Crippen LogP contribution in [0, 0.1) is 17.5 Å². The van der Waals surface area contributed by atoms with Crippen LogP contribution in [-0.4, -0.2) is 29.1 Å². The fourth-order valence-electron chi connectivity index (χ4n) is 2.23. The molecule has 6 heteroatoms. The molecule has 1 heterocycles. The van der Waals surface area contributed by atoms with Crippen molar-refractivity contribution in [1.29, 1.82) is 0 Å². The lowest BCUT2D eigenvalue weighted by Crippen LogP contribution is -2.32. The van der Waals surface area contributed by atoms with E-state index in [1.54, 1.807) is 4.90 Å². The van der Waals surface area contributed by atoms with Crippen molar-refractivity contribution in [3.63, 3.8) is 0 Å². The summed E-state index contributed by atoms with van der Waals surface area (Å²) in [7, 11) is 0. The van der Waals surface area contributed by atoms with Gasteiger partial charge < -0.3 is 5.11 Å². The van der Waals surface area contributed by atoms with Crippen LogP contribution in [0.3, 0.4) is 0 Å². The van der Waals surface area contributed by atoms with Crippen molar-refractivity contribution in [3.8, 4) is 0 Å². The molecule has 1 N–H and O–H groups in total. The van der Waals surface area contributed by atoms with Crippen molar-refractivity contribution in [2.75, 3.05) is 13.1 Å². The lowest BCUT2D eigenvalue weighted by molar-refractivity contribution is -0.143. The van der Waals surface area contributed by atoms with Gasteiger partial charge in [0.2, 0.25) is 0 Å². The molecule has 0 radical (unpaired) electrons. The van der Waals surface area contributed by atoms with Gasteiger partial charge in [-0.1, -0.05) is 0 Å². The molecule has 2 rings (SSSR count). The molecule has 1 aliphatic rings. The van der Waals surface area contributed by atoms with Crippen LogP contribution in [0.25, 0.3) is 0 Å². The maximum absolute atomic E-state index is 13.6. The fourth-order valence-corrected chi connectivity index (χ4v) is 2.23. The minimum Gasteiger partial charge on any atom is -0.480 e. The van der Waals surface area contributed by atoms with Crippen molar-refractivity contribution in [1.82, 2.24) is 4.90 Å². The Morgan fingerprint density at radius 3 is 2.22 bits per heavy atom. The Kier molecular flexibility index (Phi) is 3.56. The first-order chi connectivity index (χ1) is 8.50. The molecule has 0 saturated carbocycles. The molecule has 1 fully saturated rings. The molecule has 1 saturated heterocycles. The minimum atomic E-state index is -1.32. The first kappa shape index (κ1) is 12.9. The van der Waals surface area contributed by atoms with Crippen LogP contribution in [0.15, 0.2) is 12.1 Å². The van der Waals surface area contributed by atoms with Crippen LogP contribution in [0.2, 0.25) is 0 Å². The summed E-state index contributed by atoms with van der Waals surface area (Å²) in [5, 5.41) is 9.15. The van der Waals surface area contributed by atoms with E-state index in [0.717, 1.165) is 12.8 Å². The summed E-state index contributed by atoms with van der Waals surface area (Å²) in [6, 6.07) is -0.249. The number of hydrogen-bond acceptors (Lipinski definition) is 2. The third-order valence-electron chi connectivity index (χ3n) is 3.07. The zero-order valence-electron chi connectivity index (χ0n) is 9.50. The third kappa shape index (κ3) is 2.33. The molecule has 1 aromatic carbocycles. The standard InChI is InChI=1S/C12H12F3NO2/c13-8-6-10(15)9(14)5-7(8)11(12(17)18)16-3-1-2-4-16/h5-6,11H,1-4H2,(H,17,18). The quantitative estimate of drug-likeness (QED) is 0.847. The number of benzene rings is 1. The summed E-state index contributed by atoms with van der Waals surface area (Å²) in [6.07, 6.45) is 1.63. The van der Waals surface area contributed by atoms with E-state index < -0.39 is 29.5 Å². The second-order valence-electron chi connectivity index (χ2n) is 4.27. The molecule has 1 unspecified atom stereocenters. The summed E-state index contributed by atoms with van der Waals surface area (Å²) in [6.45, 7) is 1.02. The Hall–Kier alpha value is -1.56. The number of carbonyl (C=O) groups is 1. The molecule has 0 amide bonds. The van der Waals surface area contributed by atoms with E-state index in [2.05, 4.69) is 0 Å². The van der Waals surface area contributed by atoms with Gasteiger partial charge in [0, 0.05) is 11.6 Å². The van der Waals surface area contributed by atoms with Gasteiger partial charge in [-0.2, -0.15) is 0 Å². The SMILES string of the molecule is O=C(O)C(c1cc(F)c(F)cc1F)N1CCCC1. The molecule has 0 spiro atoms. The predicted octanol–water partition coefficient (Wildman–Crippen LogP) is 2.33. The first-order valence-electron chi connectivity index (χ1n) is 5.62. The van der Waals surface area contributed by atoms with Crippen LogP contribution in [0.4, 0.5) is 13.2 Å². The van der Waals surface area contributed by atoms with Gasteiger partial charge in [0.05, 0.1) is 0 Å². The summed E-state index contributed by atoms with van der Waals surface area (Å²) in [5.41, 5.74) is -0.330. The molecule has 0 aromatic heterocycles.